The first-order valence-electron chi connectivity index (χ1n) is 9.62. The lowest BCUT2D eigenvalue weighted by Crippen LogP contribution is -2.21. The number of rotatable bonds is 5. The maximum Gasteiger partial charge on any atom is 0.231 e. The number of hydrogen-bond donors (Lipinski definition) is 1. The number of hydrogen-bond acceptors (Lipinski definition) is 4. The lowest BCUT2D eigenvalue weighted by atomic mass is 9.95. The number of nitrogens with one attached hydrogen (secondary N) is 1. The van der Waals surface area contributed by atoms with Gasteiger partial charge in [-0.3, -0.25) is 4.79 Å². The van der Waals surface area contributed by atoms with Crippen LogP contribution in [0.1, 0.15) is 37.7 Å². The van der Waals surface area contributed by atoms with Crippen LogP contribution in [-0.4, -0.2) is 29.0 Å². The van der Waals surface area contributed by atoms with Crippen LogP contribution in [0.2, 0.25) is 0 Å². The molecule has 1 fully saturated rings. The molecule has 0 spiro atoms. The van der Waals surface area contributed by atoms with Gasteiger partial charge in [0.1, 0.15) is 12.1 Å². The van der Waals surface area contributed by atoms with Crippen molar-refractivity contribution in [3.63, 3.8) is 0 Å². The summed E-state index contributed by atoms with van der Waals surface area (Å²) in [4.78, 5) is 24.1. The molecule has 0 radical (unpaired) electrons. The molecule has 1 aromatic heterocycles. The Bertz CT molecular complexity index is 935. The van der Waals surface area contributed by atoms with Crippen molar-refractivity contribution in [2.45, 2.75) is 32.1 Å². The molecule has 2 aromatic carbocycles. The summed E-state index contributed by atoms with van der Waals surface area (Å²) in [6.45, 7) is 4.08. The molecule has 0 aliphatic carbocycles. The molecule has 3 aromatic rings. The topological polar surface area (TPSA) is 58.1 Å². The van der Waals surface area contributed by atoms with Crippen molar-refractivity contribution in [1.82, 2.24) is 9.97 Å². The Balaban J connectivity index is 1.62. The van der Waals surface area contributed by atoms with E-state index in [1.807, 2.05) is 55.5 Å². The summed E-state index contributed by atoms with van der Waals surface area (Å²) in [7, 11) is 0. The summed E-state index contributed by atoms with van der Waals surface area (Å²) in [5.41, 5.74) is 2.73. The fourth-order valence-electron chi connectivity index (χ4n) is 3.79. The molecule has 0 saturated carbocycles. The van der Waals surface area contributed by atoms with Gasteiger partial charge in [-0.05, 0) is 43.0 Å². The van der Waals surface area contributed by atoms with E-state index in [-0.39, 0.29) is 11.8 Å². The molecular formula is C22H24N4O. The van der Waals surface area contributed by atoms with Crippen LogP contribution in [0.15, 0.2) is 54.9 Å². The normalized spacial score (nSPS) is 15.1. The van der Waals surface area contributed by atoms with Crippen molar-refractivity contribution in [2.24, 2.45) is 0 Å². The van der Waals surface area contributed by atoms with E-state index in [4.69, 9.17) is 0 Å². The molecule has 138 valence electrons. The third-order valence-corrected chi connectivity index (χ3v) is 5.21. The predicted molar refractivity (Wildman–Crippen MR) is 109 cm³/mol. The van der Waals surface area contributed by atoms with Crippen molar-refractivity contribution in [3.8, 4) is 0 Å². The van der Waals surface area contributed by atoms with E-state index in [1.54, 1.807) is 6.33 Å². The second kappa shape index (κ2) is 7.74. The van der Waals surface area contributed by atoms with Crippen LogP contribution in [0.4, 0.5) is 11.5 Å². The SMILES string of the molecule is CC[C@@H](C(=O)Nc1ccc2ncnc(N3CCCC3)c2c1)c1ccccc1. The number of carbonyl (C=O) groups is 1. The molecule has 1 N–H and O–H groups in total. The lowest BCUT2D eigenvalue weighted by Gasteiger charge is -2.19. The van der Waals surface area contributed by atoms with E-state index >= 15 is 0 Å². The Morgan fingerprint density at radius 1 is 1.11 bits per heavy atom. The lowest BCUT2D eigenvalue weighted by molar-refractivity contribution is -0.117. The monoisotopic (exact) mass is 360 g/mol. The molecule has 5 nitrogen and oxygen atoms in total. The van der Waals surface area contributed by atoms with Gasteiger partial charge in [-0.2, -0.15) is 0 Å². The molecule has 2 heterocycles. The highest BCUT2D eigenvalue weighted by Gasteiger charge is 2.20. The van der Waals surface area contributed by atoms with Crippen molar-refractivity contribution in [1.29, 1.82) is 0 Å². The van der Waals surface area contributed by atoms with Gasteiger partial charge >= 0.3 is 0 Å². The molecule has 27 heavy (non-hydrogen) atoms. The molecule has 1 aliphatic heterocycles. The van der Waals surface area contributed by atoms with Gasteiger partial charge in [-0.25, -0.2) is 9.97 Å². The predicted octanol–water partition coefficient (Wildman–Crippen LogP) is 4.36. The van der Waals surface area contributed by atoms with Gasteiger partial charge in [-0.15, -0.1) is 0 Å². The van der Waals surface area contributed by atoms with Crippen LogP contribution in [0.5, 0.6) is 0 Å². The molecule has 0 bridgehead atoms. The smallest absolute Gasteiger partial charge is 0.231 e. The Hall–Kier alpha value is -2.95. The molecular weight excluding hydrogens is 336 g/mol. The number of anilines is 2. The Morgan fingerprint density at radius 2 is 1.89 bits per heavy atom. The molecule has 4 rings (SSSR count). The van der Waals surface area contributed by atoms with E-state index in [2.05, 4.69) is 20.2 Å². The van der Waals surface area contributed by atoms with Crippen LogP contribution >= 0.6 is 0 Å². The molecule has 1 aliphatic rings. The van der Waals surface area contributed by atoms with Gasteiger partial charge in [-0.1, -0.05) is 37.3 Å². The zero-order chi connectivity index (χ0) is 18.6. The molecule has 1 amide bonds. The third kappa shape index (κ3) is 3.63. The van der Waals surface area contributed by atoms with Crippen molar-refractivity contribution >= 4 is 28.3 Å². The van der Waals surface area contributed by atoms with Crippen LogP contribution < -0.4 is 10.2 Å². The van der Waals surface area contributed by atoms with E-state index < -0.39 is 0 Å². The van der Waals surface area contributed by atoms with Gasteiger partial charge in [0.2, 0.25) is 5.91 Å². The molecule has 1 saturated heterocycles. The Kier molecular flexibility index (Phi) is 5.01. The Morgan fingerprint density at radius 3 is 2.63 bits per heavy atom. The summed E-state index contributed by atoms with van der Waals surface area (Å²) in [5.74, 6) is 0.818. The highest BCUT2D eigenvalue weighted by atomic mass is 16.1. The van der Waals surface area contributed by atoms with Crippen molar-refractivity contribution in [3.05, 3.63) is 60.4 Å². The first-order chi connectivity index (χ1) is 13.3. The molecule has 1 atom stereocenters. The minimum absolute atomic E-state index is 0.0163. The second-order valence-electron chi connectivity index (χ2n) is 6.98. The van der Waals surface area contributed by atoms with Crippen LogP contribution in [0.25, 0.3) is 10.9 Å². The maximum absolute atomic E-state index is 12.9. The minimum Gasteiger partial charge on any atom is -0.356 e. The Labute approximate surface area is 159 Å². The first kappa shape index (κ1) is 17.5. The minimum atomic E-state index is -0.160. The number of nitrogens with zero attached hydrogens (tertiary/aromatic N) is 3. The summed E-state index contributed by atoms with van der Waals surface area (Å²) < 4.78 is 0. The second-order valence-corrected chi connectivity index (χ2v) is 6.98. The summed E-state index contributed by atoms with van der Waals surface area (Å²) in [6, 6.07) is 15.8. The standard InChI is InChI=1S/C22H24N4O/c1-2-18(16-8-4-3-5-9-16)22(27)25-17-10-11-20-19(14-17)21(24-15-23-20)26-12-6-7-13-26/h3-5,8-11,14-15,18H,2,6-7,12-13H2,1H3,(H,25,27)/t18-/m1/s1. The fraction of sp³-hybridized carbons (Fsp3) is 0.318. The van der Waals surface area contributed by atoms with Gasteiger partial charge in [0, 0.05) is 24.2 Å². The zero-order valence-electron chi connectivity index (χ0n) is 15.6. The van der Waals surface area contributed by atoms with E-state index in [0.29, 0.717) is 0 Å². The van der Waals surface area contributed by atoms with Gasteiger partial charge in [0.15, 0.2) is 0 Å². The number of carbonyl (C=O) groups excluding carboxylic acids is 1. The summed E-state index contributed by atoms with van der Waals surface area (Å²) >= 11 is 0. The number of benzene rings is 2. The van der Waals surface area contributed by atoms with Crippen LogP contribution in [0.3, 0.4) is 0 Å². The van der Waals surface area contributed by atoms with Gasteiger partial charge in [0.25, 0.3) is 0 Å². The molecule has 0 unspecified atom stereocenters. The maximum atomic E-state index is 12.9. The largest absolute Gasteiger partial charge is 0.356 e. The fourth-order valence-corrected chi connectivity index (χ4v) is 3.79. The number of aromatic nitrogens is 2. The van der Waals surface area contributed by atoms with E-state index in [1.165, 1.54) is 12.8 Å². The number of amides is 1. The average molecular weight is 360 g/mol. The van der Waals surface area contributed by atoms with Gasteiger partial charge < -0.3 is 10.2 Å². The van der Waals surface area contributed by atoms with Crippen LogP contribution in [-0.2, 0) is 4.79 Å². The van der Waals surface area contributed by atoms with Crippen molar-refractivity contribution < 1.29 is 4.79 Å². The summed E-state index contributed by atoms with van der Waals surface area (Å²) in [5, 5.41) is 4.08. The van der Waals surface area contributed by atoms with Crippen LogP contribution in [0, 0.1) is 0 Å². The van der Waals surface area contributed by atoms with Gasteiger partial charge in [0.05, 0.1) is 11.4 Å². The quantitative estimate of drug-likeness (QED) is 0.734. The summed E-state index contributed by atoms with van der Waals surface area (Å²) in [6.07, 6.45) is 4.76. The highest BCUT2D eigenvalue weighted by molar-refractivity contribution is 5.99. The third-order valence-electron chi connectivity index (χ3n) is 5.21. The van der Waals surface area contributed by atoms with Crippen molar-refractivity contribution in [2.75, 3.05) is 23.3 Å². The highest BCUT2D eigenvalue weighted by Crippen LogP contribution is 2.29. The molecule has 5 heteroatoms. The number of fused-ring (bicyclic) bond motifs is 1. The average Bonchev–Trinajstić information content (AvgIpc) is 3.23. The van der Waals surface area contributed by atoms with E-state index in [9.17, 15) is 4.79 Å². The first-order valence-corrected chi connectivity index (χ1v) is 9.62. The van der Waals surface area contributed by atoms with E-state index in [0.717, 1.165) is 47.5 Å². The zero-order valence-corrected chi connectivity index (χ0v) is 15.6.